The van der Waals surface area contributed by atoms with E-state index in [0.717, 1.165) is 34.6 Å². The van der Waals surface area contributed by atoms with E-state index in [1.165, 1.54) is 5.56 Å². The minimum absolute atomic E-state index is 0.472. The van der Waals surface area contributed by atoms with Crippen LogP contribution in [0.2, 0.25) is 0 Å². The SMILES string of the molecule is C[C@@H]1CNC[C@H]2Cc3cc(I)c([C@@H](C)O)nc3N21. The lowest BCUT2D eigenvalue weighted by Gasteiger charge is -2.37. The first-order chi connectivity index (χ1) is 8.58. The van der Waals surface area contributed by atoms with Crippen LogP contribution in [0.5, 0.6) is 0 Å². The first-order valence-corrected chi connectivity index (χ1v) is 7.52. The average Bonchev–Trinajstić information content (AvgIpc) is 2.65. The van der Waals surface area contributed by atoms with Gasteiger partial charge in [0, 0.05) is 28.7 Å². The molecule has 18 heavy (non-hydrogen) atoms. The van der Waals surface area contributed by atoms with Gasteiger partial charge in [0.15, 0.2) is 0 Å². The molecule has 0 radical (unpaired) electrons. The minimum Gasteiger partial charge on any atom is -0.387 e. The van der Waals surface area contributed by atoms with Crippen molar-refractivity contribution in [2.75, 3.05) is 18.0 Å². The fourth-order valence-electron chi connectivity index (χ4n) is 3.02. The second kappa shape index (κ2) is 4.61. The number of pyridine rings is 1. The Morgan fingerprint density at radius 1 is 1.56 bits per heavy atom. The summed E-state index contributed by atoms with van der Waals surface area (Å²) in [5.41, 5.74) is 2.13. The van der Waals surface area contributed by atoms with Gasteiger partial charge in [-0.1, -0.05) is 0 Å². The molecule has 0 spiro atoms. The van der Waals surface area contributed by atoms with Crippen LogP contribution in [0, 0.1) is 3.57 Å². The number of piperazine rings is 1. The van der Waals surface area contributed by atoms with E-state index in [0.29, 0.717) is 12.1 Å². The van der Waals surface area contributed by atoms with Crippen molar-refractivity contribution in [1.82, 2.24) is 10.3 Å². The third kappa shape index (κ3) is 1.92. The van der Waals surface area contributed by atoms with Gasteiger partial charge in [0.2, 0.25) is 0 Å². The van der Waals surface area contributed by atoms with Crippen molar-refractivity contribution >= 4 is 28.4 Å². The summed E-state index contributed by atoms with van der Waals surface area (Å²) in [4.78, 5) is 7.15. The summed E-state index contributed by atoms with van der Waals surface area (Å²) in [6, 6.07) is 3.19. The highest BCUT2D eigenvalue weighted by atomic mass is 127. The maximum Gasteiger partial charge on any atom is 0.132 e. The van der Waals surface area contributed by atoms with Gasteiger partial charge in [-0.15, -0.1) is 0 Å². The molecular weight excluding hydrogens is 341 g/mol. The van der Waals surface area contributed by atoms with Crippen molar-refractivity contribution in [3.63, 3.8) is 0 Å². The van der Waals surface area contributed by atoms with Gasteiger partial charge in [0.1, 0.15) is 5.82 Å². The zero-order valence-electron chi connectivity index (χ0n) is 10.7. The molecule has 98 valence electrons. The van der Waals surface area contributed by atoms with Gasteiger partial charge in [0.05, 0.1) is 11.8 Å². The number of anilines is 1. The maximum absolute atomic E-state index is 9.80. The Kier molecular flexibility index (Phi) is 3.23. The minimum atomic E-state index is -0.500. The van der Waals surface area contributed by atoms with E-state index in [9.17, 15) is 5.11 Å². The predicted octanol–water partition coefficient (Wildman–Crippen LogP) is 1.46. The number of aliphatic hydroxyl groups excluding tert-OH is 1. The number of nitrogens with one attached hydrogen (secondary N) is 1. The summed E-state index contributed by atoms with van der Waals surface area (Å²) in [5, 5.41) is 13.3. The normalized spacial score (nSPS) is 27.9. The van der Waals surface area contributed by atoms with E-state index in [-0.39, 0.29) is 0 Å². The first kappa shape index (κ1) is 12.6. The molecule has 1 aromatic rings. The Labute approximate surface area is 121 Å². The molecule has 0 bridgehead atoms. The lowest BCUT2D eigenvalue weighted by Crippen LogP contribution is -2.55. The van der Waals surface area contributed by atoms with E-state index in [1.54, 1.807) is 6.92 Å². The summed E-state index contributed by atoms with van der Waals surface area (Å²) in [6.45, 7) is 6.05. The number of nitrogens with zero attached hydrogens (tertiary/aromatic N) is 2. The lowest BCUT2D eigenvalue weighted by molar-refractivity contribution is 0.193. The van der Waals surface area contributed by atoms with E-state index in [1.807, 2.05) is 0 Å². The Balaban J connectivity index is 2.06. The number of halogens is 1. The Hall–Kier alpha value is -0.400. The molecule has 5 heteroatoms. The molecule has 3 heterocycles. The van der Waals surface area contributed by atoms with Gasteiger partial charge in [-0.05, 0) is 54.5 Å². The molecule has 3 rings (SSSR count). The number of fused-ring (bicyclic) bond motifs is 3. The largest absolute Gasteiger partial charge is 0.387 e. The Morgan fingerprint density at radius 3 is 3.06 bits per heavy atom. The molecule has 1 saturated heterocycles. The molecule has 0 unspecified atom stereocenters. The van der Waals surface area contributed by atoms with Crippen LogP contribution < -0.4 is 10.2 Å². The molecule has 2 N–H and O–H groups in total. The van der Waals surface area contributed by atoms with E-state index >= 15 is 0 Å². The molecule has 4 nitrogen and oxygen atoms in total. The Morgan fingerprint density at radius 2 is 2.33 bits per heavy atom. The quantitative estimate of drug-likeness (QED) is 0.746. The van der Waals surface area contributed by atoms with Crippen molar-refractivity contribution in [2.24, 2.45) is 0 Å². The highest BCUT2D eigenvalue weighted by molar-refractivity contribution is 14.1. The van der Waals surface area contributed by atoms with Crippen molar-refractivity contribution in [3.8, 4) is 0 Å². The second-order valence-corrected chi connectivity index (χ2v) is 6.45. The summed E-state index contributed by atoms with van der Waals surface area (Å²) in [5.74, 6) is 1.09. The van der Waals surface area contributed by atoms with Crippen LogP contribution in [0.15, 0.2) is 6.07 Å². The van der Waals surface area contributed by atoms with Crippen LogP contribution in [0.3, 0.4) is 0 Å². The number of hydrogen-bond acceptors (Lipinski definition) is 4. The standard InChI is InChI=1S/C13H18IN3O/c1-7-5-15-6-10-3-9-4-11(14)12(8(2)18)16-13(9)17(7)10/h4,7-8,10,15,18H,3,5-6H2,1-2H3/t7-,8-,10-/m1/s1. The summed E-state index contributed by atoms with van der Waals surface area (Å²) < 4.78 is 1.07. The lowest BCUT2D eigenvalue weighted by atomic mass is 10.1. The number of aromatic nitrogens is 1. The number of hydrogen-bond donors (Lipinski definition) is 2. The zero-order chi connectivity index (χ0) is 12.9. The molecule has 0 saturated carbocycles. The maximum atomic E-state index is 9.80. The topological polar surface area (TPSA) is 48.4 Å². The van der Waals surface area contributed by atoms with Crippen LogP contribution in [0.25, 0.3) is 0 Å². The molecule has 1 aromatic heterocycles. The van der Waals surface area contributed by atoms with Gasteiger partial charge in [-0.2, -0.15) is 0 Å². The van der Waals surface area contributed by atoms with Crippen LogP contribution in [0.4, 0.5) is 5.82 Å². The van der Waals surface area contributed by atoms with E-state index in [2.05, 4.69) is 45.8 Å². The van der Waals surface area contributed by atoms with Crippen LogP contribution >= 0.6 is 22.6 Å². The van der Waals surface area contributed by atoms with Crippen molar-refractivity contribution in [2.45, 2.75) is 38.5 Å². The summed E-state index contributed by atoms with van der Waals surface area (Å²) >= 11 is 2.27. The Bertz CT molecular complexity index is 478. The highest BCUT2D eigenvalue weighted by Gasteiger charge is 2.36. The fraction of sp³-hybridized carbons (Fsp3) is 0.615. The van der Waals surface area contributed by atoms with Crippen molar-refractivity contribution < 1.29 is 5.11 Å². The molecule has 0 amide bonds. The summed E-state index contributed by atoms with van der Waals surface area (Å²) in [7, 11) is 0. The zero-order valence-corrected chi connectivity index (χ0v) is 12.8. The van der Waals surface area contributed by atoms with Crippen LogP contribution in [0.1, 0.15) is 31.2 Å². The van der Waals surface area contributed by atoms with Crippen LogP contribution in [-0.2, 0) is 6.42 Å². The fourth-order valence-corrected chi connectivity index (χ4v) is 3.97. The molecule has 0 aromatic carbocycles. The van der Waals surface area contributed by atoms with Gasteiger partial charge in [-0.25, -0.2) is 4.98 Å². The van der Waals surface area contributed by atoms with Crippen LogP contribution in [-0.4, -0.2) is 35.3 Å². The van der Waals surface area contributed by atoms with Gasteiger partial charge in [-0.3, -0.25) is 0 Å². The van der Waals surface area contributed by atoms with Crippen molar-refractivity contribution in [3.05, 3.63) is 20.9 Å². The molecular formula is C13H18IN3O. The third-order valence-corrected chi connectivity index (χ3v) is 4.71. The van der Waals surface area contributed by atoms with Gasteiger partial charge >= 0.3 is 0 Å². The number of aliphatic hydroxyl groups is 1. The second-order valence-electron chi connectivity index (χ2n) is 5.29. The predicted molar refractivity (Wildman–Crippen MR) is 79.9 cm³/mol. The van der Waals surface area contributed by atoms with Gasteiger partial charge in [0.25, 0.3) is 0 Å². The molecule has 2 aliphatic rings. The third-order valence-electron chi connectivity index (χ3n) is 3.84. The molecule has 3 atom stereocenters. The average molecular weight is 359 g/mol. The first-order valence-electron chi connectivity index (χ1n) is 6.44. The molecule has 2 aliphatic heterocycles. The van der Waals surface area contributed by atoms with Crippen molar-refractivity contribution in [1.29, 1.82) is 0 Å². The number of rotatable bonds is 1. The highest BCUT2D eigenvalue weighted by Crippen LogP contribution is 2.36. The molecule has 1 fully saturated rings. The van der Waals surface area contributed by atoms with E-state index in [4.69, 9.17) is 4.98 Å². The van der Waals surface area contributed by atoms with Gasteiger partial charge < -0.3 is 15.3 Å². The monoisotopic (exact) mass is 359 g/mol. The van der Waals surface area contributed by atoms with E-state index < -0.39 is 6.10 Å². The molecule has 0 aliphatic carbocycles. The smallest absolute Gasteiger partial charge is 0.132 e. The summed E-state index contributed by atoms with van der Waals surface area (Å²) in [6.07, 6.45) is 0.565.